The monoisotopic (exact) mass is 538 g/mol. The van der Waals surface area contributed by atoms with Gasteiger partial charge in [0, 0.05) is 27.5 Å². The van der Waals surface area contributed by atoms with E-state index in [9.17, 15) is 23.5 Å². The normalized spacial score (nSPS) is 12.8. The van der Waals surface area contributed by atoms with Crippen molar-refractivity contribution in [1.29, 1.82) is 0 Å². The summed E-state index contributed by atoms with van der Waals surface area (Å²) in [6.07, 6.45) is 0. The van der Waals surface area contributed by atoms with Crippen molar-refractivity contribution in [3.05, 3.63) is 99.5 Å². The predicted molar refractivity (Wildman–Crippen MR) is 133 cm³/mol. The Morgan fingerprint density at radius 3 is 2.31 bits per heavy atom. The number of benzene rings is 3. The van der Waals surface area contributed by atoms with Crippen LogP contribution < -0.4 is 5.32 Å². The van der Waals surface area contributed by atoms with Gasteiger partial charge in [0.2, 0.25) is 0 Å². The Balaban J connectivity index is 1.80. The minimum atomic E-state index is -2.04. The maximum atomic E-state index is 14.5. The number of carboxylic acid groups (broad SMARTS) is 1. The van der Waals surface area contributed by atoms with E-state index in [0.717, 1.165) is 28.2 Å². The molecule has 0 radical (unpaired) electrons. The Kier molecular flexibility index (Phi) is 6.67. The summed E-state index contributed by atoms with van der Waals surface area (Å²) < 4.78 is 29.7. The number of fused-ring (bicyclic) bond motifs is 1. The second kappa shape index (κ2) is 9.54. The molecule has 1 heterocycles. The van der Waals surface area contributed by atoms with Crippen molar-refractivity contribution >= 4 is 38.7 Å². The lowest BCUT2D eigenvalue weighted by atomic mass is 9.81. The Hall–Kier alpha value is -3.65. The van der Waals surface area contributed by atoms with Crippen LogP contribution in [0.1, 0.15) is 28.4 Å². The molecule has 0 aliphatic carbocycles. The summed E-state index contributed by atoms with van der Waals surface area (Å²) in [5, 5.41) is 13.0. The highest BCUT2D eigenvalue weighted by molar-refractivity contribution is 9.10. The van der Waals surface area contributed by atoms with Crippen LogP contribution in [-0.4, -0.2) is 28.5 Å². The third-order valence-corrected chi connectivity index (χ3v) is 6.55. The van der Waals surface area contributed by atoms with Crippen LogP contribution in [0.4, 0.5) is 8.78 Å². The number of halogens is 3. The van der Waals surface area contributed by atoms with Crippen LogP contribution in [0.25, 0.3) is 22.2 Å². The van der Waals surface area contributed by atoms with Crippen molar-refractivity contribution in [2.75, 3.05) is 6.54 Å². The molecule has 3 aromatic carbocycles. The van der Waals surface area contributed by atoms with Gasteiger partial charge in [0.05, 0.1) is 16.8 Å². The first-order valence-electron chi connectivity index (χ1n) is 10.7. The van der Waals surface area contributed by atoms with Gasteiger partial charge in [0.15, 0.2) is 0 Å². The molecule has 0 fully saturated rings. The highest BCUT2D eigenvalue weighted by Gasteiger charge is 2.40. The Bertz CT molecular complexity index is 1440. The number of carbonyl (C=O) groups is 2. The van der Waals surface area contributed by atoms with Gasteiger partial charge in [-0.3, -0.25) is 9.59 Å². The zero-order valence-corrected chi connectivity index (χ0v) is 20.5. The molecule has 0 unspecified atom stereocenters. The van der Waals surface area contributed by atoms with Crippen LogP contribution in [0.3, 0.4) is 0 Å². The van der Waals surface area contributed by atoms with E-state index in [2.05, 4.69) is 21.2 Å². The topological polar surface area (TPSA) is 79.3 Å². The van der Waals surface area contributed by atoms with Crippen LogP contribution in [0.5, 0.6) is 0 Å². The van der Waals surface area contributed by atoms with E-state index in [1.165, 1.54) is 6.92 Å². The smallest absolute Gasteiger partial charge is 0.315 e. The van der Waals surface area contributed by atoms with Gasteiger partial charge in [0.1, 0.15) is 17.0 Å². The second-order valence-electron chi connectivity index (χ2n) is 8.40. The molecule has 0 bridgehead atoms. The first kappa shape index (κ1) is 24.5. The number of rotatable bonds is 6. The summed E-state index contributed by atoms with van der Waals surface area (Å²) in [6.45, 7) is 2.41. The van der Waals surface area contributed by atoms with Crippen LogP contribution in [0.2, 0.25) is 0 Å². The van der Waals surface area contributed by atoms with Gasteiger partial charge < -0.3 is 10.4 Å². The fraction of sp³-hybridized carbons (Fsp3) is 0.148. The fourth-order valence-corrected chi connectivity index (χ4v) is 4.50. The van der Waals surface area contributed by atoms with Gasteiger partial charge in [0.25, 0.3) is 5.91 Å². The summed E-state index contributed by atoms with van der Waals surface area (Å²) in [7, 11) is 0. The first-order valence-corrected chi connectivity index (χ1v) is 11.5. The lowest BCUT2D eigenvalue weighted by Crippen LogP contribution is -2.45. The molecule has 0 spiro atoms. The van der Waals surface area contributed by atoms with E-state index in [1.807, 2.05) is 36.4 Å². The lowest BCUT2D eigenvalue weighted by Gasteiger charge is -2.27. The second-order valence-corrected chi connectivity index (χ2v) is 9.32. The minimum absolute atomic E-state index is 0.303. The molecule has 2 N–H and O–H groups in total. The third-order valence-electron chi connectivity index (χ3n) is 6.05. The highest BCUT2D eigenvalue weighted by Crippen LogP contribution is 2.32. The highest BCUT2D eigenvalue weighted by atomic mass is 79.9. The van der Waals surface area contributed by atoms with Crippen LogP contribution in [0, 0.1) is 18.6 Å². The van der Waals surface area contributed by atoms with E-state index >= 15 is 0 Å². The third kappa shape index (κ3) is 4.53. The van der Waals surface area contributed by atoms with Gasteiger partial charge in [-0.2, -0.15) is 0 Å². The van der Waals surface area contributed by atoms with E-state index < -0.39 is 41.0 Å². The molecular weight excluding hydrogens is 518 g/mol. The Morgan fingerprint density at radius 2 is 1.69 bits per heavy atom. The quantitative estimate of drug-likeness (QED) is 0.314. The van der Waals surface area contributed by atoms with Crippen LogP contribution >= 0.6 is 15.9 Å². The molecule has 1 amide bonds. The SMILES string of the molecule is Cc1c(-c2ccccc2)nc2ccc(Br)cc2c1C(=O)NC[C@@](C)(C(=O)O)c1c(F)cccc1F. The zero-order chi connectivity index (χ0) is 25.3. The van der Waals surface area contributed by atoms with Gasteiger partial charge in [-0.25, -0.2) is 13.8 Å². The Labute approximate surface area is 209 Å². The van der Waals surface area contributed by atoms with Gasteiger partial charge in [-0.05, 0) is 49.7 Å². The van der Waals surface area contributed by atoms with Crippen molar-refractivity contribution in [3.8, 4) is 11.3 Å². The van der Waals surface area contributed by atoms with Crippen molar-refractivity contribution in [2.45, 2.75) is 19.3 Å². The zero-order valence-electron chi connectivity index (χ0n) is 18.9. The molecule has 8 heteroatoms. The summed E-state index contributed by atoms with van der Waals surface area (Å²) >= 11 is 3.42. The Morgan fingerprint density at radius 1 is 1.03 bits per heavy atom. The van der Waals surface area contributed by atoms with Crippen molar-refractivity contribution in [1.82, 2.24) is 10.3 Å². The van der Waals surface area contributed by atoms with E-state index in [4.69, 9.17) is 4.98 Å². The molecule has 0 saturated carbocycles. The molecular formula is C27H21BrF2N2O3. The summed E-state index contributed by atoms with van der Waals surface area (Å²) in [4.78, 5) is 30.4. The number of hydrogen-bond donors (Lipinski definition) is 2. The maximum absolute atomic E-state index is 14.5. The number of pyridine rings is 1. The van der Waals surface area contributed by atoms with Gasteiger partial charge in [-0.1, -0.05) is 52.3 Å². The average molecular weight is 539 g/mol. The number of hydrogen-bond acceptors (Lipinski definition) is 3. The van der Waals surface area contributed by atoms with E-state index in [0.29, 0.717) is 27.7 Å². The fourth-order valence-electron chi connectivity index (χ4n) is 4.14. The minimum Gasteiger partial charge on any atom is -0.481 e. The number of carbonyl (C=O) groups excluding carboxylic acids is 1. The predicted octanol–water partition coefficient (Wildman–Crippen LogP) is 6.02. The largest absolute Gasteiger partial charge is 0.481 e. The number of aliphatic carboxylic acids is 1. The van der Waals surface area contributed by atoms with E-state index in [-0.39, 0.29) is 0 Å². The summed E-state index contributed by atoms with van der Waals surface area (Å²) in [5.41, 5.74) is 0.232. The molecule has 0 aliphatic heterocycles. The number of carboxylic acids is 1. The molecule has 4 aromatic rings. The molecule has 0 saturated heterocycles. The molecule has 5 nitrogen and oxygen atoms in total. The number of amides is 1. The van der Waals surface area contributed by atoms with Crippen molar-refractivity contribution < 1.29 is 23.5 Å². The lowest BCUT2D eigenvalue weighted by molar-refractivity contribution is -0.143. The summed E-state index contributed by atoms with van der Waals surface area (Å²) in [5.74, 6) is -4.03. The van der Waals surface area contributed by atoms with Crippen LogP contribution in [0.15, 0.2) is 71.2 Å². The van der Waals surface area contributed by atoms with Gasteiger partial charge in [-0.15, -0.1) is 0 Å². The number of nitrogens with one attached hydrogen (secondary N) is 1. The van der Waals surface area contributed by atoms with E-state index in [1.54, 1.807) is 19.1 Å². The molecule has 35 heavy (non-hydrogen) atoms. The number of aromatic nitrogens is 1. The van der Waals surface area contributed by atoms with Crippen molar-refractivity contribution in [2.24, 2.45) is 0 Å². The molecule has 4 rings (SSSR count). The maximum Gasteiger partial charge on any atom is 0.315 e. The average Bonchev–Trinajstić information content (AvgIpc) is 2.82. The van der Waals surface area contributed by atoms with Crippen LogP contribution in [-0.2, 0) is 10.2 Å². The standard InChI is InChI=1S/C27H21BrF2N2O3/c1-15-22(18-13-17(28)11-12-21(18)32-24(15)16-7-4-3-5-8-16)25(33)31-14-27(2,26(34)35)23-19(29)9-6-10-20(23)30/h3-13H,14H2,1-2H3,(H,31,33)(H,34,35)/t27-/m1/s1. The molecule has 1 atom stereocenters. The number of nitrogens with zero attached hydrogens (tertiary/aromatic N) is 1. The molecule has 0 aliphatic rings. The molecule has 1 aromatic heterocycles. The molecule has 178 valence electrons. The van der Waals surface area contributed by atoms with Crippen molar-refractivity contribution in [3.63, 3.8) is 0 Å². The first-order chi connectivity index (χ1) is 16.6. The summed E-state index contributed by atoms with van der Waals surface area (Å²) in [6, 6.07) is 17.8. The van der Waals surface area contributed by atoms with Gasteiger partial charge >= 0.3 is 5.97 Å².